The quantitative estimate of drug-likeness (QED) is 0.676. The SMILES string of the molecule is CCCCCCC(O)Cn1cncn1. The number of unbranched alkanes of at least 4 members (excludes halogenated alkanes) is 3. The monoisotopic (exact) mass is 197 g/mol. The first-order chi connectivity index (χ1) is 6.83. The van der Waals surface area contributed by atoms with E-state index in [1.54, 1.807) is 11.0 Å². The molecular weight excluding hydrogens is 178 g/mol. The molecule has 1 unspecified atom stereocenters. The highest BCUT2D eigenvalue weighted by atomic mass is 16.3. The van der Waals surface area contributed by atoms with Crippen molar-refractivity contribution in [1.29, 1.82) is 0 Å². The zero-order chi connectivity index (χ0) is 10.2. The third kappa shape index (κ3) is 4.37. The van der Waals surface area contributed by atoms with Crippen LogP contribution < -0.4 is 0 Å². The lowest BCUT2D eigenvalue weighted by molar-refractivity contribution is 0.136. The Morgan fingerprint density at radius 1 is 1.36 bits per heavy atom. The Kier molecular flexibility index (Phi) is 5.22. The molecule has 1 N–H and O–H groups in total. The minimum atomic E-state index is -0.284. The van der Waals surface area contributed by atoms with Crippen molar-refractivity contribution in [2.24, 2.45) is 0 Å². The summed E-state index contributed by atoms with van der Waals surface area (Å²) in [5.74, 6) is 0. The van der Waals surface area contributed by atoms with Crippen molar-refractivity contribution in [2.45, 2.75) is 51.7 Å². The first-order valence-corrected chi connectivity index (χ1v) is 5.33. The lowest BCUT2D eigenvalue weighted by atomic mass is 10.1. The van der Waals surface area contributed by atoms with Gasteiger partial charge in [-0.05, 0) is 6.42 Å². The third-order valence-corrected chi connectivity index (χ3v) is 2.26. The fourth-order valence-corrected chi connectivity index (χ4v) is 1.44. The van der Waals surface area contributed by atoms with Gasteiger partial charge in [0.15, 0.2) is 0 Å². The maximum atomic E-state index is 9.63. The van der Waals surface area contributed by atoms with Crippen molar-refractivity contribution in [3.63, 3.8) is 0 Å². The minimum Gasteiger partial charge on any atom is -0.391 e. The summed E-state index contributed by atoms with van der Waals surface area (Å²) in [6.45, 7) is 2.75. The molecule has 0 aliphatic rings. The van der Waals surface area contributed by atoms with Crippen molar-refractivity contribution in [3.8, 4) is 0 Å². The maximum Gasteiger partial charge on any atom is 0.137 e. The highest BCUT2D eigenvalue weighted by molar-refractivity contribution is 4.61. The lowest BCUT2D eigenvalue weighted by Crippen LogP contribution is -2.16. The molecule has 1 rings (SSSR count). The number of aromatic nitrogens is 3. The van der Waals surface area contributed by atoms with Crippen LogP contribution in [0.4, 0.5) is 0 Å². The van der Waals surface area contributed by atoms with Gasteiger partial charge in [0.25, 0.3) is 0 Å². The van der Waals surface area contributed by atoms with Crippen LogP contribution in [-0.4, -0.2) is 26.0 Å². The molecule has 0 radical (unpaired) electrons. The molecular formula is C10H19N3O. The van der Waals surface area contributed by atoms with Gasteiger partial charge in [0.2, 0.25) is 0 Å². The summed E-state index contributed by atoms with van der Waals surface area (Å²) in [6.07, 6.45) is 8.51. The van der Waals surface area contributed by atoms with Crippen LogP contribution in [0.25, 0.3) is 0 Å². The van der Waals surface area contributed by atoms with Gasteiger partial charge in [0.05, 0.1) is 12.6 Å². The van der Waals surface area contributed by atoms with Gasteiger partial charge in [-0.1, -0.05) is 32.6 Å². The van der Waals surface area contributed by atoms with E-state index in [0.29, 0.717) is 6.54 Å². The number of nitrogens with zero attached hydrogens (tertiary/aromatic N) is 3. The molecule has 4 heteroatoms. The van der Waals surface area contributed by atoms with E-state index in [1.165, 1.54) is 25.6 Å². The van der Waals surface area contributed by atoms with Crippen molar-refractivity contribution in [1.82, 2.24) is 14.8 Å². The second kappa shape index (κ2) is 6.54. The highest BCUT2D eigenvalue weighted by Crippen LogP contribution is 2.06. The lowest BCUT2D eigenvalue weighted by Gasteiger charge is -2.09. The van der Waals surface area contributed by atoms with E-state index in [9.17, 15) is 5.11 Å². The molecule has 0 aromatic carbocycles. The summed E-state index contributed by atoms with van der Waals surface area (Å²) in [7, 11) is 0. The summed E-state index contributed by atoms with van der Waals surface area (Å²) in [6, 6.07) is 0. The van der Waals surface area contributed by atoms with Crippen molar-refractivity contribution >= 4 is 0 Å². The Labute approximate surface area is 85.0 Å². The number of hydrogen-bond donors (Lipinski definition) is 1. The van der Waals surface area contributed by atoms with Gasteiger partial charge in [-0.25, -0.2) is 4.98 Å². The standard InChI is InChI=1S/C10H19N3O/c1-2-3-4-5-6-10(14)7-13-9-11-8-12-13/h8-10,14H,2-7H2,1H3. The van der Waals surface area contributed by atoms with Gasteiger partial charge in [-0.15, -0.1) is 0 Å². The van der Waals surface area contributed by atoms with Crippen molar-refractivity contribution < 1.29 is 5.11 Å². The van der Waals surface area contributed by atoms with Crippen LogP contribution in [0.3, 0.4) is 0 Å². The zero-order valence-corrected chi connectivity index (χ0v) is 8.76. The summed E-state index contributed by atoms with van der Waals surface area (Å²) in [5.41, 5.74) is 0. The molecule has 0 bridgehead atoms. The molecule has 1 aromatic rings. The van der Waals surface area contributed by atoms with Crippen LogP contribution in [0.2, 0.25) is 0 Å². The Hall–Kier alpha value is -0.900. The van der Waals surface area contributed by atoms with E-state index < -0.39 is 0 Å². The molecule has 0 saturated carbocycles. The Balaban J connectivity index is 2.07. The molecule has 0 aliphatic heterocycles. The summed E-state index contributed by atoms with van der Waals surface area (Å²) in [5, 5.41) is 13.6. The average molecular weight is 197 g/mol. The molecule has 1 atom stereocenters. The number of aliphatic hydroxyl groups is 1. The van der Waals surface area contributed by atoms with Gasteiger partial charge in [-0.2, -0.15) is 5.10 Å². The molecule has 14 heavy (non-hydrogen) atoms. The van der Waals surface area contributed by atoms with E-state index in [4.69, 9.17) is 0 Å². The van der Waals surface area contributed by atoms with E-state index in [-0.39, 0.29) is 6.10 Å². The van der Waals surface area contributed by atoms with Crippen molar-refractivity contribution in [3.05, 3.63) is 12.7 Å². The summed E-state index contributed by atoms with van der Waals surface area (Å²) in [4.78, 5) is 3.83. The predicted molar refractivity (Wildman–Crippen MR) is 54.8 cm³/mol. The number of hydrogen-bond acceptors (Lipinski definition) is 3. The fourth-order valence-electron chi connectivity index (χ4n) is 1.44. The summed E-state index contributed by atoms with van der Waals surface area (Å²) < 4.78 is 1.67. The topological polar surface area (TPSA) is 50.9 Å². The number of rotatable bonds is 7. The van der Waals surface area contributed by atoms with E-state index in [0.717, 1.165) is 12.8 Å². The Bertz CT molecular complexity index is 223. The Morgan fingerprint density at radius 2 is 2.21 bits per heavy atom. The van der Waals surface area contributed by atoms with Crippen LogP contribution in [0.5, 0.6) is 0 Å². The van der Waals surface area contributed by atoms with Crippen LogP contribution in [0, 0.1) is 0 Å². The molecule has 0 aliphatic carbocycles. The molecule has 80 valence electrons. The first-order valence-electron chi connectivity index (χ1n) is 5.33. The molecule has 0 saturated heterocycles. The van der Waals surface area contributed by atoms with E-state index in [1.807, 2.05) is 0 Å². The Morgan fingerprint density at radius 3 is 2.86 bits per heavy atom. The first kappa shape index (κ1) is 11.2. The highest BCUT2D eigenvalue weighted by Gasteiger charge is 2.04. The molecule has 0 amide bonds. The van der Waals surface area contributed by atoms with Gasteiger partial charge < -0.3 is 5.11 Å². The predicted octanol–water partition coefficient (Wildman–Crippen LogP) is 1.61. The third-order valence-electron chi connectivity index (χ3n) is 2.26. The smallest absolute Gasteiger partial charge is 0.137 e. The van der Waals surface area contributed by atoms with Gasteiger partial charge in [-0.3, -0.25) is 4.68 Å². The van der Waals surface area contributed by atoms with Gasteiger partial charge in [0, 0.05) is 0 Å². The van der Waals surface area contributed by atoms with E-state index >= 15 is 0 Å². The second-order valence-electron chi connectivity index (χ2n) is 3.62. The second-order valence-corrected chi connectivity index (χ2v) is 3.62. The largest absolute Gasteiger partial charge is 0.391 e. The van der Waals surface area contributed by atoms with Crippen LogP contribution in [0.1, 0.15) is 39.0 Å². The molecule has 1 aromatic heterocycles. The van der Waals surface area contributed by atoms with Gasteiger partial charge >= 0.3 is 0 Å². The van der Waals surface area contributed by atoms with Crippen LogP contribution in [-0.2, 0) is 6.54 Å². The number of aliphatic hydroxyl groups excluding tert-OH is 1. The normalized spacial score (nSPS) is 13.0. The van der Waals surface area contributed by atoms with Crippen LogP contribution >= 0.6 is 0 Å². The molecule has 0 spiro atoms. The maximum absolute atomic E-state index is 9.63. The van der Waals surface area contributed by atoms with Crippen LogP contribution in [0.15, 0.2) is 12.7 Å². The zero-order valence-electron chi connectivity index (χ0n) is 8.76. The van der Waals surface area contributed by atoms with Gasteiger partial charge in [0.1, 0.15) is 12.7 Å². The minimum absolute atomic E-state index is 0.284. The van der Waals surface area contributed by atoms with Crippen molar-refractivity contribution in [2.75, 3.05) is 0 Å². The molecule has 1 heterocycles. The average Bonchev–Trinajstić information content (AvgIpc) is 2.65. The molecule has 0 fully saturated rings. The molecule has 4 nitrogen and oxygen atoms in total. The fraction of sp³-hybridized carbons (Fsp3) is 0.800. The summed E-state index contributed by atoms with van der Waals surface area (Å²) >= 11 is 0. The van der Waals surface area contributed by atoms with E-state index in [2.05, 4.69) is 17.0 Å².